The highest BCUT2D eigenvalue weighted by Crippen LogP contribution is 2.25. The molecule has 1 heterocycles. The molecule has 4 rings (SSSR count). The number of ether oxygens (including phenoxy) is 1. The third-order valence-electron chi connectivity index (χ3n) is 5.68. The molecule has 0 aliphatic carbocycles. The Hall–Kier alpha value is -4.05. The van der Waals surface area contributed by atoms with Gasteiger partial charge in [-0.25, -0.2) is 9.37 Å². The van der Waals surface area contributed by atoms with Gasteiger partial charge < -0.3 is 15.0 Å². The molecular formula is C28H27BrFN5O3. The zero-order valence-electron chi connectivity index (χ0n) is 21.4. The predicted molar refractivity (Wildman–Crippen MR) is 152 cm³/mol. The zero-order chi connectivity index (χ0) is 27.4. The summed E-state index contributed by atoms with van der Waals surface area (Å²) >= 11 is 3.41. The number of hydrogen-bond acceptors (Lipinski definition) is 6. The molecule has 3 aromatic carbocycles. The van der Waals surface area contributed by atoms with Crippen LogP contribution in [0.15, 0.2) is 75.0 Å². The van der Waals surface area contributed by atoms with Gasteiger partial charge in [0.15, 0.2) is 6.61 Å². The van der Waals surface area contributed by atoms with Gasteiger partial charge in [-0.15, -0.1) is 0 Å². The van der Waals surface area contributed by atoms with Crippen LogP contribution >= 0.6 is 15.9 Å². The number of hydrogen-bond donors (Lipinski definition) is 1. The van der Waals surface area contributed by atoms with E-state index in [1.54, 1.807) is 36.4 Å². The molecule has 8 nitrogen and oxygen atoms in total. The van der Waals surface area contributed by atoms with Crippen LogP contribution in [-0.2, 0) is 4.79 Å². The minimum atomic E-state index is -0.536. The van der Waals surface area contributed by atoms with Crippen LogP contribution in [0.5, 0.6) is 5.75 Å². The molecule has 1 N–H and O–H groups in total. The Bertz CT molecular complexity index is 1580. The van der Waals surface area contributed by atoms with E-state index in [0.29, 0.717) is 28.0 Å². The number of amides is 1. The lowest BCUT2D eigenvalue weighted by Crippen LogP contribution is -2.23. The standard InChI is InChI=1S/C28H27BrFN5O3/c1-17(2)27-33-23-12-10-19(29)13-21(23)28(37)35(27)31-15-18-9-11-20(34(3)4)14-25(18)38-16-26(36)32-24-8-6-5-7-22(24)30/h5-15,17H,16H2,1-4H3,(H,32,36). The first-order valence-corrected chi connectivity index (χ1v) is 12.7. The molecule has 0 fully saturated rings. The monoisotopic (exact) mass is 579 g/mol. The van der Waals surface area contributed by atoms with E-state index in [1.165, 1.54) is 23.0 Å². The van der Waals surface area contributed by atoms with E-state index in [9.17, 15) is 14.0 Å². The summed E-state index contributed by atoms with van der Waals surface area (Å²) in [6.45, 7) is 3.52. The molecule has 4 aromatic rings. The van der Waals surface area contributed by atoms with Crippen molar-refractivity contribution in [2.24, 2.45) is 5.10 Å². The van der Waals surface area contributed by atoms with E-state index >= 15 is 0 Å². The number of para-hydroxylation sites is 1. The van der Waals surface area contributed by atoms with Gasteiger partial charge in [0.05, 0.1) is 22.8 Å². The highest BCUT2D eigenvalue weighted by molar-refractivity contribution is 9.10. The summed E-state index contributed by atoms with van der Waals surface area (Å²) in [5.74, 6) is -0.236. The minimum Gasteiger partial charge on any atom is -0.483 e. The molecule has 0 bridgehead atoms. The Balaban J connectivity index is 1.67. The van der Waals surface area contributed by atoms with Gasteiger partial charge >= 0.3 is 0 Å². The van der Waals surface area contributed by atoms with E-state index in [0.717, 1.165) is 10.2 Å². The smallest absolute Gasteiger partial charge is 0.282 e. The highest BCUT2D eigenvalue weighted by atomic mass is 79.9. The van der Waals surface area contributed by atoms with Crippen LogP contribution in [0, 0.1) is 5.82 Å². The van der Waals surface area contributed by atoms with E-state index in [2.05, 4.69) is 31.3 Å². The summed E-state index contributed by atoms with van der Waals surface area (Å²) < 4.78 is 21.8. The van der Waals surface area contributed by atoms with Crippen LogP contribution in [0.25, 0.3) is 10.9 Å². The fourth-order valence-electron chi connectivity index (χ4n) is 3.70. The number of rotatable bonds is 8. The molecule has 0 atom stereocenters. The predicted octanol–water partition coefficient (Wildman–Crippen LogP) is 5.39. The molecule has 10 heteroatoms. The van der Waals surface area contributed by atoms with Crippen molar-refractivity contribution in [3.63, 3.8) is 0 Å². The molecule has 1 amide bonds. The normalized spacial score (nSPS) is 11.3. The van der Waals surface area contributed by atoms with Crippen molar-refractivity contribution in [2.45, 2.75) is 19.8 Å². The van der Waals surface area contributed by atoms with E-state index in [1.807, 2.05) is 45.0 Å². The quantitative estimate of drug-likeness (QED) is 0.283. The third kappa shape index (κ3) is 6.08. The molecule has 0 aliphatic rings. The maximum atomic E-state index is 13.9. The van der Waals surface area contributed by atoms with Gasteiger partial charge in [-0.2, -0.15) is 9.78 Å². The van der Waals surface area contributed by atoms with Gasteiger partial charge in [-0.1, -0.05) is 41.9 Å². The summed E-state index contributed by atoms with van der Waals surface area (Å²) in [5.41, 5.74) is 1.75. The Kier molecular flexibility index (Phi) is 8.21. The summed E-state index contributed by atoms with van der Waals surface area (Å²) in [4.78, 5) is 32.3. The van der Waals surface area contributed by atoms with Crippen molar-refractivity contribution in [3.8, 4) is 5.75 Å². The second-order valence-corrected chi connectivity index (χ2v) is 10.00. The second kappa shape index (κ2) is 11.6. The summed E-state index contributed by atoms with van der Waals surface area (Å²) in [6.07, 6.45) is 1.50. The highest BCUT2D eigenvalue weighted by Gasteiger charge is 2.15. The van der Waals surface area contributed by atoms with Crippen molar-refractivity contribution in [3.05, 3.63) is 92.7 Å². The number of nitrogens with one attached hydrogen (secondary N) is 1. The molecule has 0 saturated heterocycles. The van der Waals surface area contributed by atoms with Crippen LogP contribution < -0.4 is 20.5 Å². The first kappa shape index (κ1) is 27.0. The SMILES string of the molecule is CC(C)c1nc2ccc(Br)cc2c(=O)n1N=Cc1ccc(N(C)C)cc1OCC(=O)Nc1ccccc1F. The Morgan fingerprint density at radius 3 is 2.66 bits per heavy atom. The fraction of sp³-hybridized carbons (Fsp3) is 0.214. The lowest BCUT2D eigenvalue weighted by molar-refractivity contribution is -0.118. The largest absolute Gasteiger partial charge is 0.483 e. The van der Waals surface area contributed by atoms with Gasteiger partial charge in [0, 0.05) is 41.8 Å². The van der Waals surface area contributed by atoms with Gasteiger partial charge in [0.1, 0.15) is 17.4 Å². The maximum absolute atomic E-state index is 13.9. The molecule has 0 unspecified atom stereocenters. The molecule has 38 heavy (non-hydrogen) atoms. The number of aromatic nitrogens is 2. The Morgan fingerprint density at radius 1 is 1.18 bits per heavy atom. The first-order valence-electron chi connectivity index (χ1n) is 11.9. The van der Waals surface area contributed by atoms with Crippen LogP contribution in [-0.4, -0.2) is 42.5 Å². The Labute approximate surface area is 227 Å². The lowest BCUT2D eigenvalue weighted by Gasteiger charge is -2.16. The van der Waals surface area contributed by atoms with E-state index in [4.69, 9.17) is 4.74 Å². The maximum Gasteiger partial charge on any atom is 0.282 e. The number of benzene rings is 3. The average molecular weight is 580 g/mol. The van der Waals surface area contributed by atoms with Gasteiger partial charge in [-0.05, 0) is 42.5 Å². The number of anilines is 2. The molecule has 0 saturated carbocycles. The first-order chi connectivity index (χ1) is 18.1. The molecular weight excluding hydrogens is 553 g/mol. The molecule has 0 radical (unpaired) electrons. The minimum absolute atomic E-state index is 0.0678. The number of halogens is 2. The Morgan fingerprint density at radius 2 is 1.95 bits per heavy atom. The van der Waals surface area contributed by atoms with Crippen molar-refractivity contribution in [1.29, 1.82) is 0 Å². The molecule has 1 aromatic heterocycles. The summed E-state index contributed by atoms with van der Waals surface area (Å²) in [5, 5.41) is 7.42. The number of nitrogens with zero attached hydrogens (tertiary/aromatic N) is 4. The van der Waals surface area contributed by atoms with Crippen LogP contribution in [0.4, 0.5) is 15.8 Å². The summed E-state index contributed by atoms with van der Waals surface area (Å²) in [7, 11) is 3.76. The lowest BCUT2D eigenvalue weighted by atomic mass is 10.1. The van der Waals surface area contributed by atoms with Crippen molar-refractivity contribution in [2.75, 3.05) is 30.9 Å². The fourth-order valence-corrected chi connectivity index (χ4v) is 4.06. The van der Waals surface area contributed by atoms with E-state index < -0.39 is 11.7 Å². The number of carbonyl (C=O) groups excluding carboxylic acids is 1. The number of fused-ring (bicyclic) bond motifs is 1. The molecule has 196 valence electrons. The van der Waals surface area contributed by atoms with Gasteiger partial charge in [0.25, 0.3) is 11.5 Å². The van der Waals surface area contributed by atoms with Gasteiger partial charge in [0.2, 0.25) is 0 Å². The van der Waals surface area contributed by atoms with Crippen molar-refractivity contribution < 1.29 is 13.9 Å². The molecule has 0 spiro atoms. The molecule has 0 aliphatic heterocycles. The average Bonchev–Trinajstić information content (AvgIpc) is 2.88. The second-order valence-electron chi connectivity index (χ2n) is 9.08. The van der Waals surface area contributed by atoms with Crippen molar-refractivity contribution in [1.82, 2.24) is 9.66 Å². The van der Waals surface area contributed by atoms with Crippen LogP contribution in [0.3, 0.4) is 0 Å². The zero-order valence-corrected chi connectivity index (χ0v) is 23.0. The summed E-state index contributed by atoms with van der Waals surface area (Å²) in [6, 6.07) is 16.7. The topological polar surface area (TPSA) is 88.8 Å². The third-order valence-corrected chi connectivity index (χ3v) is 6.18. The van der Waals surface area contributed by atoms with Gasteiger partial charge in [-0.3, -0.25) is 9.59 Å². The number of carbonyl (C=O) groups is 1. The van der Waals surface area contributed by atoms with E-state index in [-0.39, 0.29) is 23.8 Å². The van der Waals surface area contributed by atoms with Crippen LogP contribution in [0.1, 0.15) is 31.2 Å². The van der Waals surface area contributed by atoms with Crippen LogP contribution in [0.2, 0.25) is 0 Å². The van der Waals surface area contributed by atoms with Crippen molar-refractivity contribution >= 4 is 50.3 Å².